The van der Waals surface area contributed by atoms with E-state index in [0.717, 1.165) is 22.9 Å². The first-order valence-electron chi connectivity index (χ1n) is 6.89. The van der Waals surface area contributed by atoms with Crippen molar-refractivity contribution in [1.82, 2.24) is 4.57 Å². The molecule has 1 aliphatic carbocycles. The summed E-state index contributed by atoms with van der Waals surface area (Å²) < 4.78 is 2.24. The van der Waals surface area contributed by atoms with E-state index in [-0.39, 0.29) is 11.3 Å². The number of ketones is 1. The Balaban J connectivity index is 2.34. The normalized spacial score (nSPS) is 14.8. The molecule has 0 fully saturated rings. The van der Waals surface area contributed by atoms with Crippen LogP contribution in [0.25, 0.3) is 10.9 Å². The van der Waals surface area contributed by atoms with E-state index in [9.17, 15) is 9.59 Å². The highest BCUT2D eigenvalue weighted by Crippen LogP contribution is 2.34. The average molecular weight is 271 g/mol. The number of nitrogens with zero attached hydrogens (tertiary/aromatic N) is 1. The van der Waals surface area contributed by atoms with Gasteiger partial charge in [-0.2, -0.15) is 0 Å². The largest absolute Gasteiger partial charge is 0.478 e. The first kappa shape index (κ1) is 12.9. The van der Waals surface area contributed by atoms with Crippen molar-refractivity contribution in [3.05, 3.63) is 35.0 Å². The van der Waals surface area contributed by atoms with Crippen LogP contribution in [0.2, 0.25) is 0 Å². The van der Waals surface area contributed by atoms with Crippen molar-refractivity contribution in [1.29, 1.82) is 0 Å². The number of aromatic nitrogens is 1. The van der Waals surface area contributed by atoms with Gasteiger partial charge in [0, 0.05) is 35.5 Å². The number of Topliss-reactive ketones (excluding diaryl/α,β-unsaturated/α-hetero) is 1. The van der Waals surface area contributed by atoms with Gasteiger partial charge in [0.25, 0.3) is 0 Å². The summed E-state index contributed by atoms with van der Waals surface area (Å²) in [6.45, 7) is 4.22. The first-order chi connectivity index (χ1) is 9.49. The number of carboxylic acid groups (broad SMARTS) is 1. The van der Waals surface area contributed by atoms with Crippen molar-refractivity contribution in [3.8, 4) is 0 Å². The van der Waals surface area contributed by atoms with E-state index >= 15 is 0 Å². The number of aromatic carboxylic acids is 1. The molecular formula is C16H17NO3. The summed E-state index contributed by atoms with van der Waals surface area (Å²) in [6.07, 6.45) is 1.76. The molecule has 0 aliphatic heterocycles. The Hall–Kier alpha value is -2.10. The molecule has 0 atom stereocenters. The van der Waals surface area contributed by atoms with E-state index in [1.807, 2.05) is 6.07 Å². The predicted octanol–water partition coefficient (Wildman–Crippen LogP) is 2.98. The van der Waals surface area contributed by atoms with Crippen LogP contribution in [0.3, 0.4) is 0 Å². The molecule has 1 N–H and O–H groups in total. The highest BCUT2D eigenvalue weighted by Gasteiger charge is 2.25. The fourth-order valence-corrected chi connectivity index (χ4v) is 3.17. The molecule has 0 bridgehead atoms. The van der Waals surface area contributed by atoms with Crippen LogP contribution >= 0.6 is 0 Å². The number of carbonyl (C=O) groups excluding carboxylic acids is 1. The van der Waals surface area contributed by atoms with Gasteiger partial charge in [-0.05, 0) is 44.0 Å². The van der Waals surface area contributed by atoms with Gasteiger partial charge in [0.1, 0.15) is 5.78 Å². The zero-order chi connectivity index (χ0) is 14.4. The summed E-state index contributed by atoms with van der Waals surface area (Å²) in [5, 5.41) is 10.1. The number of carbonyl (C=O) groups is 2. The second-order valence-corrected chi connectivity index (χ2v) is 5.64. The molecule has 0 amide bonds. The molecule has 1 aromatic heterocycles. The van der Waals surface area contributed by atoms with Crippen molar-refractivity contribution < 1.29 is 14.7 Å². The van der Waals surface area contributed by atoms with Gasteiger partial charge in [-0.3, -0.25) is 4.79 Å². The van der Waals surface area contributed by atoms with Crippen LogP contribution in [0.15, 0.2) is 18.2 Å². The molecule has 0 radical (unpaired) electrons. The zero-order valence-corrected chi connectivity index (χ0v) is 11.6. The molecular weight excluding hydrogens is 254 g/mol. The standard InChI is InChI=1S/C16H17NO3/c1-9(2)17-14-5-3-10(16(19)20)7-12(14)13-8-11(18)4-6-15(13)17/h3,5,7,9H,4,6,8H2,1-2H3,(H,19,20). The van der Waals surface area contributed by atoms with E-state index in [1.54, 1.807) is 12.1 Å². The fourth-order valence-electron chi connectivity index (χ4n) is 3.17. The Kier molecular flexibility index (Phi) is 2.89. The quantitative estimate of drug-likeness (QED) is 0.913. The van der Waals surface area contributed by atoms with Gasteiger partial charge in [0.15, 0.2) is 0 Å². The van der Waals surface area contributed by atoms with E-state index in [2.05, 4.69) is 18.4 Å². The van der Waals surface area contributed by atoms with Crippen LogP contribution in [-0.4, -0.2) is 21.4 Å². The molecule has 0 saturated heterocycles. The maximum atomic E-state index is 11.7. The minimum Gasteiger partial charge on any atom is -0.478 e. The smallest absolute Gasteiger partial charge is 0.335 e. The molecule has 2 aromatic rings. The fraction of sp³-hybridized carbons (Fsp3) is 0.375. The van der Waals surface area contributed by atoms with Crippen molar-refractivity contribution in [2.75, 3.05) is 0 Å². The lowest BCUT2D eigenvalue weighted by Gasteiger charge is -2.18. The van der Waals surface area contributed by atoms with Crippen molar-refractivity contribution in [2.45, 2.75) is 39.2 Å². The maximum Gasteiger partial charge on any atom is 0.335 e. The monoisotopic (exact) mass is 271 g/mol. The second kappa shape index (κ2) is 4.47. The molecule has 20 heavy (non-hydrogen) atoms. The van der Waals surface area contributed by atoms with Gasteiger partial charge in [-0.15, -0.1) is 0 Å². The van der Waals surface area contributed by atoms with Gasteiger partial charge in [-0.1, -0.05) is 0 Å². The Bertz CT molecular complexity index is 725. The summed E-state index contributed by atoms with van der Waals surface area (Å²) in [5.41, 5.74) is 3.52. The van der Waals surface area contributed by atoms with E-state index in [1.165, 1.54) is 5.69 Å². The van der Waals surface area contributed by atoms with Crippen molar-refractivity contribution in [3.63, 3.8) is 0 Å². The van der Waals surface area contributed by atoms with Gasteiger partial charge >= 0.3 is 5.97 Å². The number of carboxylic acids is 1. The number of fused-ring (bicyclic) bond motifs is 3. The number of hydrogen-bond acceptors (Lipinski definition) is 2. The molecule has 1 heterocycles. The van der Waals surface area contributed by atoms with Crippen LogP contribution in [0.4, 0.5) is 0 Å². The average Bonchev–Trinajstić information content (AvgIpc) is 2.71. The van der Waals surface area contributed by atoms with Crippen molar-refractivity contribution >= 4 is 22.7 Å². The minimum absolute atomic E-state index is 0.237. The van der Waals surface area contributed by atoms with Gasteiger partial charge in [0.05, 0.1) is 5.56 Å². The second-order valence-electron chi connectivity index (χ2n) is 5.64. The number of rotatable bonds is 2. The third-order valence-corrected chi connectivity index (χ3v) is 4.00. The SMILES string of the molecule is CC(C)n1c2c(c3cc(C(=O)O)ccc31)CC(=O)CC2. The van der Waals surface area contributed by atoms with Crippen LogP contribution in [0.5, 0.6) is 0 Å². The third kappa shape index (κ3) is 1.83. The van der Waals surface area contributed by atoms with E-state index in [0.29, 0.717) is 18.9 Å². The van der Waals surface area contributed by atoms with Gasteiger partial charge in [-0.25, -0.2) is 4.79 Å². The molecule has 3 rings (SSSR count). The Morgan fingerprint density at radius 3 is 2.70 bits per heavy atom. The van der Waals surface area contributed by atoms with Crippen molar-refractivity contribution in [2.24, 2.45) is 0 Å². The first-order valence-corrected chi connectivity index (χ1v) is 6.89. The molecule has 0 saturated carbocycles. The third-order valence-electron chi connectivity index (χ3n) is 4.00. The lowest BCUT2D eigenvalue weighted by Crippen LogP contribution is -2.16. The lowest BCUT2D eigenvalue weighted by molar-refractivity contribution is -0.118. The highest BCUT2D eigenvalue weighted by atomic mass is 16.4. The lowest BCUT2D eigenvalue weighted by atomic mass is 9.94. The Labute approximate surface area is 117 Å². The molecule has 104 valence electrons. The van der Waals surface area contributed by atoms with Crippen LogP contribution in [0, 0.1) is 0 Å². The maximum absolute atomic E-state index is 11.7. The summed E-state index contributed by atoms with van der Waals surface area (Å²) in [7, 11) is 0. The summed E-state index contributed by atoms with van der Waals surface area (Å²) in [6, 6.07) is 5.50. The van der Waals surface area contributed by atoms with Gasteiger partial charge < -0.3 is 9.67 Å². The minimum atomic E-state index is -0.930. The van der Waals surface area contributed by atoms with Gasteiger partial charge in [0.2, 0.25) is 0 Å². The van der Waals surface area contributed by atoms with Crippen LogP contribution < -0.4 is 0 Å². The molecule has 0 spiro atoms. The Morgan fingerprint density at radius 2 is 2.05 bits per heavy atom. The molecule has 1 aromatic carbocycles. The Morgan fingerprint density at radius 1 is 1.30 bits per heavy atom. The molecule has 4 heteroatoms. The zero-order valence-electron chi connectivity index (χ0n) is 11.6. The molecule has 1 aliphatic rings. The number of benzene rings is 1. The topological polar surface area (TPSA) is 59.3 Å². The summed E-state index contributed by atoms with van der Waals surface area (Å²) in [5.74, 6) is -0.693. The van der Waals surface area contributed by atoms with E-state index in [4.69, 9.17) is 5.11 Å². The van der Waals surface area contributed by atoms with Crippen LogP contribution in [-0.2, 0) is 17.6 Å². The number of hydrogen-bond donors (Lipinski definition) is 1. The molecule has 0 unspecified atom stereocenters. The molecule has 4 nitrogen and oxygen atoms in total. The predicted molar refractivity (Wildman–Crippen MR) is 76.3 cm³/mol. The van der Waals surface area contributed by atoms with E-state index < -0.39 is 5.97 Å². The highest BCUT2D eigenvalue weighted by molar-refractivity contribution is 5.98. The summed E-state index contributed by atoms with van der Waals surface area (Å²) >= 11 is 0. The summed E-state index contributed by atoms with van der Waals surface area (Å²) in [4.78, 5) is 22.9. The van der Waals surface area contributed by atoms with Crippen LogP contribution in [0.1, 0.15) is 47.9 Å².